The van der Waals surface area contributed by atoms with Crippen LogP contribution in [0.5, 0.6) is 0 Å². The van der Waals surface area contributed by atoms with Crippen LogP contribution in [-0.2, 0) is 12.8 Å². The Bertz CT molecular complexity index is 942. The number of hydrogen-bond acceptors (Lipinski definition) is 6. The fourth-order valence-corrected chi connectivity index (χ4v) is 3.93. The monoisotopic (exact) mass is 349 g/mol. The normalized spacial score (nSPS) is 17.2. The third kappa shape index (κ3) is 2.77. The number of rotatable bonds is 4. The largest absolute Gasteiger partial charge is 0.369 e. The van der Waals surface area contributed by atoms with Gasteiger partial charge >= 0.3 is 0 Å². The SMILES string of the molecule is Cc1cc(NCC2CN(c3cc4c(nn3)CCCC4)C2)n2nccc2n1. The molecule has 0 amide bonds. The fraction of sp³-hybridized carbons (Fsp3) is 0.474. The van der Waals surface area contributed by atoms with Gasteiger partial charge in [-0.2, -0.15) is 14.7 Å². The lowest BCUT2D eigenvalue weighted by Crippen LogP contribution is -2.50. The molecule has 1 saturated heterocycles. The first-order valence-corrected chi connectivity index (χ1v) is 9.42. The van der Waals surface area contributed by atoms with Crippen LogP contribution in [-0.4, -0.2) is 44.4 Å². The van der Waals surface area contributed by atoms with E-state index in [-0.39, 0.29) is 0 Å². The van der Waals surface area contributed by atoms with E-state index >= 15 is 0 Å². The fourth-order valence-electron chi connectivity index (χ4n) is 3.93. The van der Waals surface area contributed by atoms with Gasteiger partial charge in [0.05, 0.1) is 11.9 Å². The minimum atomic E-state index is 0.604. The Hall–Kier alpha value is -2.70. The average Bonchev–Trinajstić information content (AvgIpc) is 3.08. The van der Waals surface area contributed by atoms with Crippen LogP contribution in [0.4, 0.5) is 11.6 Å². The van der Waals surface area contributed by atoms with Gasteiger partial charge in [0, 0.05) is 43.4 Å². The maximum Gasteiger partial charge on any atom is 0.157 e. The molecule has 134 valence electrons. The molecule has 0 atom stereocenters. The summed E-state index contributed by atoms with van der Waals surface area (Å²) in [5.41, 5.74) is 4.48. The zero-order valence-electron chi connectivity index (χ0n) is 15.0. The zero-order chi connectivity index (χ0) is 17.5. The van der Waals surface area contributed by atoms with Gasteiger partial charge in [-0.3, -0.25) is 0 Å². The van der Waals surface area contributed by atoms with Crippen LogP contribution in [0, 0.1) is 12.8 Å². The topological polar surface area (TPSA) is 71.2 Å². The standard InChI is InChI=1S/C19H23N7/c1-13-8-18(26-17(22-13)6-7-21-26)20-10-14-11-25(12-14)19-9-15-4-2-3-5-16(15)23-24-19/h6-9,14,20H,2-5,10-12H2,1H3. The molecule has 0 saturated carbocycles. The van der Waals surface area contributed by atoms with Gasteiger partial charge in [0.1, 0.15) is 5.82 Å². The second-order valence-electron chi connectivity index (χ2n) is 7.42. The van der Waals surface area contributed by atoms with Gasteiger partial charge in [0.15, 0.2) is 11.5 Å². The lowest BCUT2D eigenvalue weighted by Gasteiger charge is -2.40. The van der Waals surface area contributed by atoms with Crippen LogP contribution in [0.1, 0.15) is 29.8 Å². The molecule has 0 aromatic carbocycles. The Morgan fingerprint density at radius 2 is 2.04 bits per heavy atom. The number of aromatic nitrogens is 5. The number of nitrogens with one attached hydrogen (secondary N) is 1. The van der Waals surface area contributed by atoms with E-state index in [1.807, 2.05) is 23.6 Å². The van der Waals surface area contributed by atoms with E-state index in [4.69, 9.17) is 0 Å². The molecule has 1 N–H and O–H groups in total. The molecular weight excluding hydrogens is 326 g/mol. The van der Waals surface area contributed by atoms with Crippen LogP contribution in [0.2, 0.25) is 0 Å². The van der Waals surface area contributed by atoms with E-state index in [1.54, 1.807) is 6.20 Å². The van der Waals surface area contributed by atoms with E-state index < -0.39 is 0 Å². The van der Waals surface area contributed by atoms with Crippen molar-refractivity contribution in [3.8, 4) is 0 Å². The van der Waals surface area contributed by atoms with Crippen LogP contribution in [0.3, 0.4) is 0 Å². The smallest absolute Gasteiger partial charge is 0.157 e. The lowest BCUT2D eigenvalue weighted by atomic mass is 9.95. The molecule has 2 aliphatic rings. The Morgan fingerprint density at radius 1 is 1.15 bits per heavy atom. The highest BCUT2D eigenvalue weighted by Gasteiger charge is 2.28. The molecule has 1 aliphatic carbocycles. The third-order valence-electron chi connectivity index (χ3n) is 5.40. The van der Waals surface area contributed by atoms with Crippen LogP contribution in [0.25, 0.3) is 5.65 Å². The lowest BCUT2D eigenvalue weighted by molar-refractivity contribution is 0.424. The summed E-state index contributed by atoms with van der Waals surface area (Å²) in [5.74, 6) is 2.65. The highest BCUT2D eigenvalue weighted by Crippen LogP contribution is 2.27. The number of anilines is 2. The molecule has 26 heavy (non-hydrogen) atoms. The number of aryl methyl sites for hydroxylation is 3. The van der Waals surface area contributed by atoms with Crippen molar-refractivity contribution in [2.45, 2.75) is 32.6 Å². The first kappa shape index (κ1) is 15.5. The molecule has 1 aliphatic heterocycles. The molecule has 3 aromatic rings. The molecule has 1 fully saturated rings. The Kier molecular flexibility index (Phi) is 3.72. The van der Waals surface area contributed by atoms with Gasteiger partial charge in [-0.25, -0.2) is 4.98 Å². The minimum absolute atomic E-state index is 0.604. The molecule has 0 unspecified atom stereocenters. The molecule has 5 rings (SSSR count). The maximum atomic E-state index is 4.48. The molecule has 4 heterocycles. The molecule has 0 radical (unpaired) electrons. The predicted molar refractivity (Wildman–Crippen MR) is 101 cm³/mol. The molecule has 3 aromatic heterocycles. The summed E-state index contributed by atoms with van der Waals surface area (Å²) in [5, 5.41) is 16.8. The van der Waals surface area contributed by atoms with Crippen molar-refractivity contribution >= 4 is 17.3 Å². The maximum absolute atomic E-state index is 4.48. The first-order valence-electron chi connectivity index (χ1n) is 9.42. The Balaban J connectivity index is 1.21. The van der Waals surface area contributed by atoms with Crippen molar-refractivity contribution in [2.24, 2.45) is 5.92 Å². The van der Waals surface area contributed by atoms with Crippen LogP contribution >= 0.6 is 0 Å². The molecule has 0 spiro atoms. The van der Waals surface area contributed by atoms with Gasteiger partial charge in [0.2, 0.25) is 0 Å². The van der Waals surface area contributed by atoms with E-state index in [2.05, 4.69) is 36.6 Å². The second-order valence-corrected chi connectivity index (χ2v) is 7.42. The van der Waals surface area contributed by atoms with E-state index in [0.29, 0.717) is 5.92 Å². The van der Waals surface area contributed by atoms with Gasteiger partial charge in [-0.05, 0) is 44.2 Å². The highest BCUT2D eigenvalue weighted by molar-refractivity contribution is 5.49. The highest BCUT2D eigenvalue weighted by atomic mass is 15.3. The van der Waals surface area contributed by atoms with Crippen LogP contribution < -0.4 is 10.2 Å². The van der Waals surface area contributed by atoms with E-state index in [9.17, 15) is 0 Å². The summed E-state index contributed by atoms with van der Waals surface area (Å²) < 4.78 is 1.86. The van der Waals surface area contributed by atoms with Crippen molar-refractivity contribution in [1.82, 2.24) is 24.8 Å². The van der Waals surface area contributed by atoms with Gasteiger partial charge in [-0.1, -0.05) is 0 Å². The first-order chi connectivity index (χ1) is 12.8. The summed E-state index contributed by atoms with van der Waals surface area (Å²) in [6.07, 6.45) is 6.54. The summed E-state index contributed by atoms with van der Waals surface area (Å²) in [6.45, 7) is 4.98. The van der Waals surface area contributed by atoms with Crippen molar-refractivity contribution < 1.29 is 0 Å². The second kappa shape index (κ2) is 6.23. The number of fused-ring (bicyclic) bond motifs is 2. The van der Waals surface area contributed by atoms with Gasteiger partial charge in [0.25, 0.3) is 0 Å². The van der Waals surface area contributed by atoms with Crippen molar-refractivity contribution in [1.29, 1.82) is 0 Å². The Morgan fingerprint density at radius 3 is 2.96 bits per heavy atom. The van der Waals surface area contributed by atoms with E-state index in [0.717, 1.165) is 55.5 Å². The number of nitrogens with zero attached hydrogens (tertiary/aromatic N) is 6. The quantitative estimate of drug-likeness (QED) is 0.779. The number of hydrogen-bond donors (Lipinski definition) is 1. The molecule has 0 bridgehead atoms. The van der Waals surface area contributed by atoms with Crippen molar-refractivity contribution in [2.75, 3.05) is 29.9 Å². The van der Waals surface area contributed by atoms with Crippen molar-refractivity contribution in [3.05, 3.63) is 41.3 Å². The Labute approximate surface area is 152 Å². The summed E-state index contributed by atoms with van der Waals surface area (Å²) in [7, 11) is 0. The predicted octanol–water partition coefficient (Wildman–Crippen LogP) is 2.25. The molecule has 7 heteroatoms. The third-order valence-corrected chi connectivity index (χ3v) is 5.40. The van der Waals surface area contributed by atoms with Crippen molar-refractivity contribution in [3.63, 3.8) is 0 Å². The van der Waals surface area contributed by atoms with Gasteiger partial charge in [-0.15, -0.1) is 5.10 Å². The summed E-state index contributed by atoms with van der Waals surface area (Å²) >= 11 is 0. The molecule has 7 nitrogen and oxygen atoms in total. The summed E-state index contributed by atoms with van der Waals surface area (Å²) in [4.78, 5) is 6.81. The van der Waals surface area contributed by atoms with Crippen LogP contribution in [0.15, 0.2) is 24.4 Å². The minimum Gasteiger partial charge on any atom is -0.369 e. The zero-order valence-corrected chi connectivity index (χ0v) is 15.0. The average molecular weight is 349 g/mol. The molecular formula is C19H23N7. The summed E-state index contributed by atoms with van der Waals surface area (Å²) in [6, 6.07) is 6.23. The van der Waals surface area contributed by atoms with Gasteiger partial charge < -0.3 is 10.2 Å². The van der Waals surface area contributed by atoms with E-state index in [1.165, 1.54) is 24.1 Å².